The first kappa shape index (κ1) is 11.8. The van der Waals surface area contributed by atoms with Crippen LogP contribution in [0.15, 0.2) is 22.7 Å². The number of hydrogen-bond donors (Lipinski definition) is 0. The number of ketones is 1. The Kier molecular flexibility index (Phi) is 3.15. The van der Waals surface area contributed by atoms with Gasteiger partial charge < -0.3 is 0 Å². The molecule has 0 radical (unpaired) electrons. The van der Waals surface area contributed by atoms with Gasteiger partial charge in [-0.15, -0.1) is 0 Å². The maximum atomic E-state index is 13.5. The molecule has 0 amide bonds. The third-order valence-electron chi connectivity index (χ3n) is 3.60. The zero-order valence-corrected chi connectivity index (χ0v) is 10.8. The summed E-state index contributed by atoms with van der Waals surface area (Å²) in [5.74, 6) is -0.128. The van der Waals surface area contributed by atoms with Gasteiger partial charge in [-0.1, -0.05) is 18.9 Å². The molecule has 0 bridgehead atoms. The first-order valence-electron chi connectivity index (χ1n) is 5.53. The van der Waals surface area contributed by atoms with E-state index in [0.717, 1.165) is 31.2 Å². The Bertz CT molecular complexity index is 422. The summed E-state index contributed by atoms with van der Waals surface area (Å²) in [6.07, 6.45) is 3.81. The molecule has 0 N–H and O–H groups in total. The van der Waals surface area contributed by atoms with E-state index in [9.17, 15) is 9.18 Å². The van der Waals surface area contributed by atoms with Gasteiger partial charge in [-0.25, -0.2) is 4.39 Å². The van der Waals surface area contributed by atoms with Gasteiger partial charge in [-0.3, -0.25) is 4.79 Å². The molecule has 0 unspecified atom stereocenters. The van der Waals surface area contributed by atoms with Crippen LogP contribution in [0.3, 0.4) is 0 Å². The molecule has 2 rings (SSSR count). The molecule has 1 aliphatic carbocycles. The van der Waals surface area contributed by atoms with Gasteiger partial charge in [-0.05, 0) is 53.4 Å². The molecule has 1 nitrogen and oxygen atoms in total. The predicted octanol–water partition coefficient (Wildman–Crippen LogP) is 3.99. The van der Waals surface area contributed by atoms with Crippen LogP contribution in [0, 0.1) is 5.82 Å². The lowest BCUT2D eigenvalue weighted by molar-refractivity contribution is -0.122. The van der Waals surface area contributed by atoms with Crippen LogP contribution in [0.2, 0.25) is 0 Å². The van der Waals surface area contributed by atoms with E-state index < -0.39 is 5.41 Å². The Balaban J connectivity index is 2.47. The summed E-state index contributed by atoms with van der Waals surface area (Å²) in [4.78, 5) is 11.8. The molecule has 0 heterocycles. The van der Waals surface area contributed by atoms with Gasteiger partial charge in [0.25, 0.3) is 0 Å². The van der Waals surface area contributed by atoms with Crippen LogP contribution in [-0.4, -0.2) is 5.78 Å². The minimum Gasteiger partial charge on any atom is -0.299 e. The third kappa shape index (κ3) is 1.81. The summed E-state index contributed by atoms with van der Waals surface area (Å²) in [6.45, 7) is 1.62. The molecule has 1 saturated carbocycles. The first-order valence-corrected chi connectivity index (χ1v) is 6.32. The van der Waals surface area contributed by atoms with Crippen LogP contribution in [-0.2, 0) is 10.2 Å². The van der Waals surface area contributed by atoms with Gasteiger partial charge >= 0.3 is 0 Å². The number of rotatable bonds is 2. The molecule has 1 aromatic carbocycles. The van der Waals surface area contributed by atoms with Gasteiger partial charge in [0.05, 0.1) is 9.89 Å². The smallest absolute Gasteiger partial charge is 0.140 e. The van der Waals surface area contributed by atoms with Crippen molar-refractivity contribution < 1.29 is 9.18 Å². The van der Waals surface area contributed by atoms with E-state index in [1.807, 2.05) is 6.07 Å². The van der Waals surface area contributed by atoms with E-state index in [2.05, 4.69) is 15.9 Å². The van der Waals surface area contributed by atoms with E-state index in [0.29, 0.717) is 4.47 Å². The highest BCUT2D eigenvalue weighted by molar-refractivity contribution is 9.10. The summed E-state index contributed by atoms with van der Waals surface area (Å²) in [7, 11) is 0. The number of carbonyl (C=O) groups excluding carboxylic acids is 1. The van der Waals surface area contributed by atoms with E-state index in [-0.39, 0.29) is 11.6 Å². The summed E-state index contributed by atoms with van der Waals surface area (Å²) < 4.78 is 14.0. The maximum Gasteiger partial charge on any atom is 0.140 e. The Labute approximate surface area is 103 Å². The predicted molar refractivity (Wildman–Crippen MR) is 64.9 cm³/mol. The van der Waals surface area contributed by atoms with Crippen LogP contribution in [0.5, 0.6) is 0 Å². The van der Waals surface area contributed by atoms with Crippen molar-refractivity contribution in [1.29, 1.82) is 0 Å². The quantitative estimate of drug-likeness (QED) is 0.803. The molecule has 0 atom stereocenters. The second-order valence-corrected chi connectivity index (χ2v) is 5.33. The molecule has 86 valence electrons. The Morgan fingerprint density at radius 3 is 2.50 bits per heavy atom. The average Bonchev–Trinajstić information content (AvgIpc) is 2.72. The number of benzene rings is 1. The fraction of sp³-hybridized carbons (Fsp3) is 0.462. The minimum atomic E-state index is -0.429. The van der Waals surface area contributed by atoms with Gasteiger partial charge in [0.1, 0.15) is 11.6 Å². The summed E-state index contributed by atoms with van der Waals surface area (Å²) in [5, 5.41) is 0. The van der Waals surface area contributed by atoms with Crippen molar-refractivity contribution in [3.8, 4) is 0 Å². The molecule has 1 fully saturated rings. The van der Waals surface area contributed by atoms with E-state index >= 15 is 0 Å². The number of Topliss-reactive ketones (excluding diaryl/α,β-unsaturated/α-hetero) is 1. The topological polar surface area (TPSA) is 17.1 Å². The fourth-order valence-electron chi connectivity index (χ4n) is 2.62. The van der Waals surface area contributed by atoms with Crippen molar-refractivity contribution in [2.24, 2.45) is 0 Å². The molecule has 0 spiro atoms. The SMILES string of the molecule is CC(=O)C1(c2ccc(Br)c(F)c2)CCCC1. The lowest BCUT2D eigenvalue weighted by Crippen LogP contribution is -2.30. The summed E-state index contributed by atoms with van der Waals surface area (Å²) in [6, 6.07) is 5.05. The van der Waals surface area contributed by atoms with Gasteiger partial charge in [-0.2, -0.15) is 0 Å². The number of carbonyl (C=O) groups is 1. The second kappa shape index (κ2) is 4.28. The molecule has 3 heteroatoms. The standard InChI is InChI=1S/C13H14BrFO/c1-9(16)13(6-2-3-7-13)10-4-5-11(14)12(15)8-10/h4-5,8H,2-3,6-7H2,1H3. The monoisotopic (exact) mass is 284 g/mol. The van der Waals surface area contributed by atoms with Crippen LogP contribution in [0.1, 0.15) is 38.2 Å². The molecule has 1 aromatic rings. The molecule has 1 aliphatic rings. The molecule has 16 heavy (non-hydrogen) atoms. The first-order chi connectivity index (χ1) is 7.56. The van der Waals surface area contributed by atoms with E-state index in [4.69, 9.17) is 0 Å². The van der Waals surface area contributed by atoms with E-state index in [1.54, 1.807) is 13.0 Å². The van der Waals surface area contributed by atoms with Gasteiger partial charge in [0.2, 0.25) is 0 Å². The van der Waals surface area contributed by atoms with Crippen molar-refractivity contribution in [3.05, 3.63) is 34.1 Å². The summed E-state index contributed by atoms with van der Waals surface area (Å²) in [5.41, 5.74) is 0.403. The zero-order chi connectivity index (χ0) is 11.8. The zero-order valence-electron chi connectivity index (χ0n) is 9.22. The third-order valence-corrected chi connectivity index (χ3v) is 4.25. The van der Waals surface area contributed by atoms with Crippen LogP contribution in [0.25, 0.3) is 0 Å². The highest BCUT2D eigenvalue weighted by atomic mass is 79.9. The van der Waals surface area contributed by atoms with Crippen molar-refractivity contribution in [1.82, 2.24) is 0 Å². The second-order valence-electron chi connectivity index (χ2n) is 4.47. The van der Waals surface area contributed by atoms with Crippen LogP contribution >= 0.6 is 15.9 Å². The van der Waals surface area contributed by atoms with Gasteiger partial charge in [0, 0.05) is 0 Å². The normalized spacial score (nSPS) is 18.7. The van der Waals surface area contributed by atoms with Crippen LogP contribution in [0.4, 0.5) is 4.39 Å². The lowest BCUT2D eigenvalue weighted by atomic mass is 9.76. The van der Waals surface area contributed by atoms with Gasteiger partial charge in [0.15, 0.2) is 0 Å². The Morgan fingerprint density at radius 1 is 1.38 bits per heavy atom. The van der Waals surface area contributed by atoms with Crippen molar-refractivity contribution in [2.45, 2.75) is 38.0 Å². The maximum absolute atomic E-state index is 13.5. The fourth-order valence-corrected chi connectivity index (χ4v) is 2.86. The molecule has 0 saturated heterocycles. The summed E-state index contributed by atoms with van der Waals surface area (Å²) >= 11 is 3.13. The Hall–Kier alpha value is -0.700. The minimum absolute atomic E-state index is 0.159. The van der Waals surface area contributed by atoms with Crippen LogP contribution < -0.4 is 0 Å². The van der Waals surface area contributed by atoms with Crippen molar-refractivity contribution in [2.75, 3.05) is 0 Å². The molecular formula is C13H14BrFO. The average molecular weight is 285 g/mol. The van der Waals surface area contributed by atoms with E-state index in [1.165, 1.54) is 6.07 Å². The highest BCUT2D eigenvalue weighted by Gasteiger charge is 2.40. The number of hydrogen-bond acceptors (Lipinski definition) is 1. The lowest BCUT2D eigenvalue weighted by Gasteiger charge is -2.26. The molecule has 0 aromatic heterocycles. The highest BCUT2D eigenvalue weighted by Crippen LogP contribution is 2.42. The van der Waals surface area contributed by atoms with Crippen molar-refractivity contribution >= 4 is 21.7 Å². The number of halogens is 2. The largest absolute Gasteiger partial charge is 0.299 e. The van der Waals surface area contributed by atoms with Crippen molar-refractivity contribution in [3.63, 3.8) is 0 Å². The Morgan fingerprint density at radius 2 is 2.00 bits per heavy atom. The molecule has 0 aliphatic heterocycles. The molecular weight excluding hydrogens is 271 g/mol.